The number of hydrogen-bond acceptors (Lipinski definition) is 1. The molecular weight excluding hydrogens is 262 g/mol. The average molecular weight is 270 g/mol. The molecule has 0 unspecified atom stereocenters. The van der Waals surface area contributed by atoms with E-state index in [1.807, 2.05) is 0 Å². The Labute approximate surface area is 77.8 Å². The molecule has 0 spiro atoms. The third kappa shape index (κ3) is 17.6. The Morgan fingerprint density at radius 1 is 1.56 bits per heavy atom. The fraction of sp³-hybridized carbons (Fsp3) is 0.500. The standard InChI is InChI=1S/C4H8NO.2BrH.Mg/c1-4(6)5(2)3;;;/h1H2,2-3H3;2*1H;/q;;;+2/p-2. The van der Waals surface area contributed by atoms with Crippen LogP contribution in [0.2, 0.25) is 0 Å². The SMILES string of the molecule is [Br][Mg][Br].[CH2]C(=O)N(C)C. The van der Waals surface area contributed by atoms with Gasteiger partial charge in [0.05, 0.1) is 0 Å². The zero-order valence-corrected chi connectivity index (χ0v) is 10.1. The zero-order chi connectivity index (χ0) is 7.86. The lowest BCUT2D eigenvalue weighted by atomic mass is 10.7. The van der Waals surface area contributed by atoms with Crippen molar-refractivity contribution < 1.29 is 4.79 Å². The minimum atomic E-state index is -0.157. The van der Waals surface area contributed by atoms with Gasteiger partial charge in [-0.05, 0) is 0 Å². The second-order valence-corrected chi connectivity index (χ2v) is 9.47. The fourth-order valence-corrected chi connectivity index (χ4v) is 0. The van der Waals surface area contributed by atoms with E-state index in [4.69, 9.17) is 0 Å². The van der Waals surface area contributed by atoms with Crippen molar-refractivity contribution in [1.29, 1.82) is 0 Å². The van der Waals surface area contributed by atoms with Crippen molar-refractivity contribution >= 4 is 47.7 Å². The van der Waals surface area contributed by atoms with Gasteiger partial charge in [-0.3, -0.25) is 30.6 Å². The van der Waals surface area contributed by atoms with E-state index in [-0.39, 0.29) is 21.9 Å². The van der Waals surface area contributed by atoms with Crippen molar-refractivity contribution in [2.45, 2.75) is 0 Å². The second-order valence-electron chi connectivity index (χ2n) is 1.39. The molecule has 9 heavy (non-hydrogen) atoms. The molecule has 2 nitrogen and oxygen atoms in total. The smallest absolute Gasteiger partial charge is 0.349 e. The van der Waals surface area contributed by atoms with Crippen LogP contribution in [0.25, 0.3) is 0 Å². The molecule has 0 aliphatic rings. The van der Waals surface area contributed by atoms with Crippen molar-refractivity contribution in [2.75, 3.05) is 14.1 Å². The Bertz CT molecular complexity index is 79.0. The van der Waals surface area contributed by atoms with Crippen LogP contribution < -0.4 is 0 Å². The van der Waals surface area contributed by atoms with Gasteiger partial charge in [0, 0.05) is 21.0 Å². The van der Waals surface area contributed by atoms with Gasteiger partial charge in [0.25, 0.3) is 0 Å². The molecular formula is C4H8Br2MgNO. The number of carbonyl (C=O) groups is 1. The lowest BCUT2D eigenvalue weighted by Gasteiger charge is -2.02. The predicted octanol–water partition coefficient (Wildman–Crippen LogP) is 1.22. The van der Waals surface area contributed by atoms with Crippen LogP contribution >= 0.6 is 25.8 Å². The molecule has 0 N–H and O–H groups in total. The van der Waals surface area contributed by atoms with E-state index in [2.05, 4.69) is 32.7 Å². The normalized spacial score (nSPS) is 6.33. The molecule has 0 aromatic rings. The number of nitrogens with zero attached hydrogens (tertiary/aromatic N) is 1. The highest BCUT2D eigenvalue weighted by molar-refractivity contribution is 9.47. The molecule has 1 radical (unpaired) electrons. The van der Waals surface area contributed by atoms with E-state index in [9.17, 15) is 4.79 Å². The minimum absolute atomic E-state index is 0.0417. The van der Waals surface area contributed by atoms with Crippen LogP contribution in [-0.4, -0.2) is 40.9 Å². The van der Waals surface area contributed by atoms with Crippen molar-refractivity contribution in [3.63, 3.8) is 0 Å². The first kappa shape index (κ1) is 12.8. The summed E-state index contributed by atoms with van der Waals surface area (Å²) < 4.78 is 0. The molecule has 0 saturated heterocycles. The molecule has 0 aromatic heterocycles. The summed E-state index contributed by atoms with van der Waals surface area (Å²) in [6.07, 6.45) is 0. The molecule has 0 atom stereocenters. The van der Waals surface area contributed by atoms with Gasteiger partial charge in [-0.25, -0.2) is 0 Å². The number of carbonyl (C=O) groups excluding carboxylic acids is 1. The first-order valence-electron chi connectivity index (χ1n) is 2.21. The summed E-state index contributed by atoms with van der Waals surface area (Å²) in [5, 5.41) is 0. The topological polar surface area (TPSA) is 20.3 Å². The first-order chi connectivity index (χ1) is 4.06. The Morgan fingerprint density at radius 2 is 1.67 bits per heavy atom. The van der Waals surface area contributed by atoms with Gasteiger partial charge >= 0.3 is 16.0 Å². The molecule has 0 aliphatic carbocycles. The van der Waals surface area contributed by atoms with Crippen LogP contribution in [0.4, 0.5) is 0 Å². The molecule has 0 bridgehead atoms. The molecule has 51 valence electrons. The number of rotatable bonds is 0. The largest absolute Gasteiger partial charge is 0.560 e. The van der Waals surface area contributed by atoms with Crippen molar-refractivity contribution in [3.05, 3.63) is 6.92 Å². The molecule has 0 aliphatic heterocycles. The van der Waals surface area contributed by atoms with Crippen molar-refractivity contribution in [1.82, 2.24) is 4.90 Å². The first-order valence-corrected chi connectivity index (χ1v) is 10.0. The summed E-state index contributed by atoms with van der Waals surface area (Å²) in [6, 6.07) is 0. The molecule has 0 aromatic carbocycles. The Hall–Kier alpha value is 1.20. The third-order valence-electron chi connectivity index (χ3n) is 0.499. The highest BCUT2D eigenvalue weighted by atomic mass is 79.9. The van der Waals surface area contributed by atoms with Gasteiger partial charge in [-0.2, -0.15) is 0 Å². The van der Waals surface area contributed by atoms with Crippen LogP contribution in [0.15, 0.2) is 0 Å². The van der Waals surface area contributed by atoms with Gasteiger partial charge in [-0.1, -0.05) is 0 Å². The van der Waals surface area contributed by atoms with E-state index >= 15 is 0 Å². The Balaban J connectivity index is 0. The zero-order valence-electron chi connectivity index (χ0n) is 5.53. The monoisotopic (exact) mass is 268 g/mol. The maximum Gasteiger partial charge on any atom is 0.560 e. The Kier molecular flexibility index (Phi) is 13.1. The molecule has 0 fully saturated rings. The summed E-state index contributed by atoms with van der Waals surface area (Å²) >= 11 is 6.44. The van der Waals surface area contributed by atoms with Gasteiger partial charge in [0.2, 0.25) is 5.91 Å². The lowest BCUT2D eigenvalue weighted by Crippen LogP contribution is -2.17. The molecule has 5 heteroatoms. The van der Waals surface area contributed by atoms with Crippen molar-refractivity contribution in [3.8, 4) is 0 Å². The van der Waals surface area contributed by atoms with Gasteiger partial charge in [0.15, 0.2) is 0 Å². The van der Waals surface area contributed by atoms with E-state index in [1.54, 1.807) is 14.1 Å². The molecule has 0 heterocycles. The summed E-state index contributed by atoms with van der Waals surface area (Å²) in [5.74, 6) is -0.157. The van der Waals surface area contributed by atoms with E-state index < -0.39 is 0 Å². The molecule has 0 saturated carbocycles. The fourth-order valence-electron chi connectivity index (χ4n) is 0. The van der Waals surface area contributed by atoms with Gasteiger partial charge in [0.1, 0.15) is 0 Å². The molecule has 1 amide bonds. The quantitative estimate of drug-likeness (QED) is 0.606. The van der Waals surface area contributed by atoms with E-state index in [1.165, 1.54) is 4.90 Å². The molecule has 0 rings (SSSR count). The lowest BCUT2D eigenvalue weighted by molar-refractivity contribution is -0.123. The number of halogens is 2. The third-order valence-corrected chi connectivity index (χ3v) is 0.499. The number of hydrogen-bond donors (Lipinski definition) is 0. The van der Waals surface area contributed by atoms with Crippen LogP contribution in [0.1, 0.15) is 0 Å². The van der Waals surface area contributed by atoms with Gasteiger partial charge in [-0.15, -0.1) is 0 Å². The summed E-state index contributed by atoms with van der Waals surface area (Å²) in [6.45, 7) is 3.12. The highest BCUT2D eigenvalue weighted by Gasteiger charge is 1.87. The van der Waals surface area contributed by atoms with Crippen LogP contribution in [-0.2, 0) is 4.79 Å². The summed E-state index contributed by atoms with van der Waals surface area (Å²) in [5.41, 5.74) is 0. The summed E-state index contributed by atoms with van der Waals surface area (Å²) in [7, 11) is 3.32. The number of amides is 1. The maximum atomic E-state index is 9.96. The minimum Gasteiger partial charge on any atom is -0.349 e. The second kappa shape index (κ2) is 9.20. The van der Waals surface area contributed by atoms with E-state index in [0.29, 0.717) is 0 Å². The van der Waals surface area contributed by atoms with Crippen LogP contribution in [0.3, 0.4) is 0 Å². The van der Waals surface area contributed by atoms with Crippen molar-refractivity contribution in [2.24, 2.45) is 0 Å². The Morgan fingerprint density at radius 3 is 1.67 bits per heavy atom. The van der Waals surface area contributed by atoms with Crippen LogP contribution in [0.5, 0.6) is 0 Å². The average Bonchev–Trinajstić information content (AvgIpc) is 1.68. The van der Waals surface area contributed by atoms with Gasteiger partial charge < -0.3 is 4.90 Å². The highest BCUT2D eigenvalue weighted by Crippen LogP contribution is 1.77. The predicted molar refractivity (Wildman–Crippen MR) is 47.7 cm³/mol. The maximum absolute atomic E-state index is 9.96. The van der Waals surface area contributed by atoms with E-state index in [0.717, 1.165) is 0 Å². The summed E-state index contributed by atoms with van der Waals surface area (Å²) in [4.78, 5) is 11.4. The van der Waals surface area contributed by atoms with Crippen LogP contribution in [0, 0.1) is 6.92 Å².